The van der Waals surface area contributed by atoms with E-state index in [1.807, 2.05) is 30.3 Å². The van der Waals surface area contributed by atoms with E-state index < -0.39 is 0 Å². The standard InChI is InChI=1S/C16H19N3O/c20-16(18-13-6-3-4-10-17-11-13)15-9-8-12-5-1-2-7-14(12)19-15/h1-2,5,7-9,13,17H,3-4,6,10-11H2,(H,18,20). The molecule has 2 N–H and O–H groups in total. The van der Waals surface area contributed by atoms with Gasteiger partial charge in [-0.1, -0.05) is 30.7 Å². The van der Waals surface area contributed by atoms with Gasteiger partial charge in [0, 0.05) is 18.0 Å². The van der Waals surface area contributed by atoms with E-state index in [0.717, 1.165) is 36.8 Å². The molecule has 0 saturated carbocycles. The lowest BCUT2D eigenvalue weighted by molar-refractivity contribution is 0.0931. The number of fused-ring (bicyclic) bond motifs is 1. The number of rotatable bonds is 2. The smallest absolute Gasteiger partial charge is 0.270 e. The Bertz CT molecular complexity index is 603. The quantitative estimate of drug-likeness (QED) is 0.878. The van der Waals surface area contributed by atoms with E-state index in [1.165, 1.54) is 6.42 Å². The molecule has 0 aliphatic carbocycles. The molecular formula is C16H19N3O. The van der Waals surface area contributed by atoms with E-state index >= 15 is 0 Å². The number of hydrogen-bond donors (Lipinski definition) is 2. The number of pyridine rings is 1. The van der Waals surface area contributed by atoms with E-state index in [1.54, 1.807) is 6.07 Å². The Morgan fingerprint density at radius 3 is 3.05 bits per heavy atom. The van der Waals surface area contributed by atoms with Crippen molar-refractivity contribution in [3.63, 3.8) is 0 Å². The fourth-order valence-corrected chi connectivity index (χ4v) is 2.59. The van der Waals surface area contributed by atoms with Crippen LogP contribution in [0.3, 0.4) is 0 Å². The van der Waals surface area contributed by atoms with Gasteiger partial charge in [0.1, 0.15) is 5.69 Å². The van der Waals surface area contributed by atoms with Crippen molar-refractivity contribution in [1.29, 1.82) is 0 Å². The third-order valence-corrected chi connectivity index (χ3v) is 3.71. The number of para-hydroxylation sites is 1. The Kier molecular flexibility index (Phi) is 3.92. The molecule has 1 aromatic carbocycles. The minimum atomic E-state index is -0.0792. The summed E-state index contributed by atoms with van der Waals surface area (Å²) in [6.07, 6.45) is 3.37. The number of benzene rings is 1. The Labute approximate surface area is 118 Å². The second-order valence-corrected chi connectivity index (χ2v) is 5.26. The lowest BCUT2D eigenvalue weighted by Gasteiger charge is -2.16. The van der Waals surface area contributed by atoms with Crippen molar-refractivity contribution in [2.45, 2.75) is 25.3 Å². The predicted molar refractivity (Wildman–Crippen MR) is 79.7 cm³/mol. The van der Waals surface area contributed by atoms with Crippen molar-refractivity contribution in [1.82, 2.24) is 15.6 Å². The van der Waals surface area contributed by atoms with E-state index in [9.17, 15) is 4.79 Å². The molecule has 1 amide bonds. The minimum Gasteiger partial charge on any atom is -0.347 e. The zero-order chi connectivity index (χ0) is 13.8. The van der Waals surface area contributed by atoms with E-state index in [-0.39, 0.29) is 11.9 Å². The molecule has 1 saturated heterocycles. The van der Waals surface area contributed by atoms with Crippen LogP contribution in [-0.4, -0.2) is 30.0 Å². The van der Waals surface area contributed by atoms with Crippen LogP contribution in [0, 0.1) is 0 Å². The maximum atomic E-state index is 12.3. The lowest BCUT2D eigenvalue weighted by Crippen LogP contribution is -2.41. The molecule has 1 unspecified atom stereocenters. The van der Waals surface area contributed by atoms with Gasteiger partial charge in [0.2, 0.25) is 0 Å². The molecule has 4 heteroatoms. The van der Waals surface area contributed by atoms with Gasteiger partial charge in [-0.15, -0.1) is 0 Å². The molecule has 4 nitrogen and oxygen atoms in total. The Morgan fingerprint density at radius 1 is 1.20 bits per heavy atom. The van der Waals surface area contributed by atoms with Gasteiger partial charge in [0.15, 0.2) is 0 Å². The number of carbonyl (C=O) groups is 1. The first kappa shape index (κ1) is 13.1. The van der Waals surface area contributed by atoms with Crippen molar-refractivity contribution in [2.24, 2.45) is 0 Å². The summed E-state index contributed by atoms with van der Waals surface area (Å²) >= 11 is 0. The third kappa shape index (κ3) is 2.96. The average molecular weight is 269 g/mol. The SMILES string of the molecule is O=C(NC1CCCCNC1)c1ccc2ccccc2n1. The molecule has 20 heavy (non-hydrogen) atoms. The molecule has 104 valence electrons. The van der Waals surface area contributed by atoms with Crippen LogP contribution in [0.1, 0.15) is 29.8 Å². The summed E-state index contributed by atoms with van der Waals surface area (Å²) in [5, 5.41) is 7.48. The summed E-state index contributed by atoms with van der Waals surface area (Å²) < 4.78 is 0. The van der Waals surface area contributed by atoms with Gasteiger partial charge in [-0.3, -0.25) is 4.79 Å². The number of hydrogen-bond acceptors (Lipinski definition) is 3. The van der Waals surface area contributed by atoms with E-state index in [4.69, 9.17) is 0 Å². The molecule has 1 aromatic heterocycles. The zero-order valence-corrected chi connectivity index (χ0v) is 11.4. The molecule has 3 rings (SSSR count). The van der Waals surface area contributed by atoms with Crippen LogP contribution < -0.4 is 10.6 Å². The summed E-state index contributed by atoms with van der Waals surface area (Å²) in [7, 11) is 0. The zero-order valence-electron chi connectivity index (χ0n) is 11.4. The first-order valence-corrected chi connectivity index (χ1v) is 7.20. The van der Waals surface area contributed by atoms with Crippen LogP contribution in [0.2, 0.25) is 0 Å². The molecular weight excluding hydrogens is 250 g/mol. The average Bonchev–Trinajstić information content (AvgIpc) is 2.75. The molecule has 1 aliphatic heterocycles. The van der Waals surface area contributed by atoms with Gasteiger partial charge in [-0.05, 0) is 31.5 Å². The normalized spacial score (nSPS) is 19.5. The highest BCUT2D eigenvalue weighted by molar-refractivity contribution is 5.95. The minimum absolute atomic E-state index is 0.0792. The summed E-state index contributed by atoms with van der Waals surface area (Å²) in [6.45, 7) is 1.89. The highest BCUT2D eigenvalue weighted by Crippen LogP contribution is 2.12. The molecule has 1 atom stereocenters. The Morgan fingerprint density at radius 2 is 2.10 bits per heavy atom. The van der Waals surface area contributed by atoms with E-state index in [0.29, 0.717) is 5.69 Å². The van der Waals surface area contributed by atoms with Crippen molar-refractivity contribution in [3.05, 3.63) is 42.1 Å². The maximum Gasteiger partial charge on any atom is 0.270 e. The number of nitrogens with one attached hydrogen (secondary N) is 2. The van der Waals surface area contributed by atoms with Crippen LogP contribution in [-0.2, 0) is 0 Å². The van der Waals surface area contributed by atoms with E-state index in [2.05, 4.69) is 15.6 Å². The molecule has 1 aliphatic rings. The van der Waals surface area contributed by atoms with Crippen molar-refractivity contribution in [3.8, 4) is 0 Å². The fraction of sp³-hybridized carbons (Fsp3) is 0.375. The van der Waals surface area contributed by atoms with Gasteiger partial charge in [-0.25, -0.2) is 4.98 Å². The van der Waals surface area contributed by atoms with Gasteiger partial charge >= 0.3 is 0 Å². The third-order valence-electron chi connectivity index (χ3n) is 3.71. The molecule has 1 fully saturated rings. The van der Waals surface area contributed by atoms with Gasteiger partial charge in [0.25, 0.3) is 5.91 Å². The lowest BCUT2D eigenvalue weighted by atomic mass is 10.1. The first-order valence-electron chi connectivity index (χ1n) is 7.20. The number of carbonyl (C=O) groups excluding carboxylic acids is 1. The highest BCUT2D eigenvalue weighted by atomic mass is 16.1. The number of amides is 1. The largest absolute Gasteiger partial charge is 0.347 e. The summed E-state index contributed by atoms with van der Waals surface area (Å²) in [5.41, 5.74) is 1.35. The van der Waals surface area contributed by atoms with Gasteiger partial charge in [0.05, 0.1) is 5.52 Å². The number of aromatic nitrogens is 1. The molecule has 0 bridgehead atoms. The first-order chi connectivity index (χ1) is 9.83. The highest BCUT2D eigenvalue weighted by Gasteiger charge is 2.16. The molecule has 2 heterocycles. The van der Waals surface area contributed by atoms with Crippen molar-refractivity contribution < 1.29 is 4.79 Å². The predicted octanol–water partition coefficient (Wildman–Crippen LogP) is 2.11. The topological polar surface area (TPSA) is 54.0 Å². The molecule has 0 spiro atoms. The number of nitrogens with zero attached hydrogens (tertiary/aromatic N) is 1. The van der Waals surface area contributed by atoms with Gasteiger partial charge in [-0.2, -0.15) is 0 Å². The Hall–Kier alpha value is -1.94. The summed E-state index contributed by atoms with van der Waals surface area (Å²) in [4.78, 5) is 16.7. The van der Waals surface area contributed by atoms with Crippen LogP contribution in [0.5, 0.6) is 0 Å². The molecule has 0 radical (unpaired) electrons. The summed E-state index contributed by atoms with van der Waals surface area (Å²) in [6, 6.07) is 11.8. The van der Waals surface area contributed by atoms with Crippen LogP contribution in [0.25, 0.3) is 10.9 Å². The van der Waals surface area contributed by atoms with Gasteiger partial charge < -0.3 is 10.6 Å². The van der Waals surface area contributed by atoms with Crippen LogP contribution in [0.15, 0.2) is 36.4 Å². The van der Waals surface area contributed by atoms with Crippen LogP contribution >= 0.6 is 0 Å². The monoisotopic (exact) mass is 269 g/mol. The molecule has 2 aromatic rings. The Balaban J connectivity index is 1.74. The second kappa shape index (κ2) is 6.01. The maximum absolute atomic E-state index is 12.3. The van der Waals surface area contributed by atoms with Crippen molar-refractivity contribution >= 4 is 16.8 Å². The second-order valence-electron chi connectivity index (χ2n) is 5.26. The van der Waals surface area contributed by atoms with Crippen LogP contribution in [0.4, 0.5) is 0 Å². The fourth-order valence-electron chi connectivity index (χ4n) is 2.59. The van der Waals surface area contributed by atoms with Crippen molar-refractivity contribution in [2.75, 3.05) is 13.1 Å². The summed E-state index contributed by atoms with van der Waals surface area (Å²) in [5.74, 6) is -0.0792.